The molecule has 0 aromatic carbocycles. The minimum absolute atomic E-state index is 0.0444. The van der Waals surface area contributed by atoms with Crippen molar-refractivity contribution in [3.8, 4) is 0 Å². The summed E-state index contributed by atoms with van der Waals surface area (Å²) in [4.78, 5) is 2.30. The van der Waals surface area contributed by atoms with Crippen LogP contribution in [0.3, 0.4) is 0 Å². The molecule has 1 aromatic rings. The molecule has 2 aliphatic rings. The molecule has 1 saturated heterocycles. The van der Waals surface area contributed by atoms with Crippen LogP contribution >= 0.6 is 0 Å². The molecule has 1 aliphatic carbocycles. The highest BCUT2D eigenvalue weighted by Crippen LogP contribution is 2.57. The number of rotatable bonds is 4. The molecule has 20 heavy (non-hydrogen) atoms. The van der Waals surface area contributed by atoms with Crippen molar-refractivity contribution in [3.05, 3.63) is 24.2 Å². The summed E-state index contributed by atoms with van der Waals surface area (Å²) in [6.45, 7) is 7.18. The Morgan fingerprint density at radius 1 is 1.45 bits per heavy atom. The number of ether oxygens (including phenoxy) is 1. The Kier molecular flexibility index (Phi) is 3.43. The Hall–Kier alpha value is -0.840. The lowest BCUT2D eigenvalue weighted by Gasteiger charge is -2.67. The molecule has 112 valence electrons. The van der Waals surface area contributed by atoms with Gasteiger partial charge in [-0.3, -0.25) is 0 Å². The van der Waals surface area contributed by atoms with Crippen molar-refractivity contribution in [1.29, 1.82) is 0 Å². The van der Waals surface area contributed by atoms with Crippen molar-refractivity contribution in [3.63, 3.8) is 0 Å². The van der Waals surface area contributed by atoms with Gasteiger partial charge in [-0.25, -0.2) is 0 Å². The van der Waals surface area contributed by atoms with Crippen molar-refractivity contribution < 1.29 is 9.15 Å². The topological polar surface area (TPSA) is 51.6 Å². The molecule has 3 atom stereocenters. The molecule has 1 aromatic heterocycles. The average Bonchev–Trinajstić information content (AvgIpc) is 2.91. The number of nitrogens with zero attached hydrogens (tertiary/aromatic N) is 1. The summed E-state index contributed by atoms with van der Waals surface area (Å²) in [7, 11) is 2.13. The molecule has 2 heterocycles. The lowest BCUT2D eigenvalue weighted by molar-refractivity contribution is -0.231. The zero-order valence-electron chi connectivity index (χ0n) is 12.8. The second-order valence-corrected chi connectivity index (χ2v) is 7.11. The maximum Gasteiger partial charge on any atom is 0.0947 e. The van der Waals surface area contributed by atoms with Gasteiger partial charge in [-0.2, -0.15) is 0 Å². The number of nitrogens with two attached hydrogens (primary N) is 1. The molecule has 2 N–H and O–H groups in total. The Morgan fingerprint density at radius 2 is 2.25 bits per heavy atom. The van der Waals surface area contributed by atoms with E-state index in [4.69, 9.17) is 14.9 Å². The van der Waals surface area contributed by atoms with Gasteiger partial charge in [0.1, 0.15) is 0 Å². The second-order valence-electron chi connectivity index (χ2n) is 7.11. The molecule has 2 fully saturated rings. The summed E-state index contributed by atoms with van der Waals surface area (Å²) in [5.74, 6) is 0.498. The molecule has 0 radical (unpaired) electrons. The van der Waals surface area contributed by atoms with E-state index in [0.29, 0.717) is 12.0 Å². The van der Waals surface area contributed by atoms with Gasteiger partial charge in [0.05, 0.1) is 18.6 Å². The average molecular weight is 278 g/mol. The maximum atomic E-state index is 6.82. The van der Waals surface area contributed by atoms with E-state index in [9.17, 15) is 0 Å². The van der Waals surface area contributed by atoms with Crippen LogP contribution in [0.4, 0.5) is 0 Å². The summed E-state index contributed by atoms with van der Waals surface area (Å²) in [5, 5.41) is 0. The highest BCUT2D eigenvalue weighted by atomic mass is 16.5. The van der Waals surface area contributed by atoms with Gasteiger partial charge in [0.2, 0.25) is 0 Å². The molecule has 1 saturated carbocycles. The maximum absolute atomic E-state index is 6.82. The molecule has 1 aliphatic heterocycles. The van der Waals surface area contributed by atoms with Gasteiger partial charge in [-0.1, -0.05) is 13.8 Å². The highest BCUT2D eigenvalue weighted by molar-refractivity contribution is 5.21. The van der Waals surface area contributed by atoms with E-state index >= 15 is 0 Å². The fraction of sp³-hybridized carbons (Fsp3) is 0.750. The smallest absolute Gasteiger partial charge is 0.0947 e. The Morgan fingerprint density at radius 3 is 2.95 bits per heavy atom. The first-order valence-electron chi connectivity index (χ1n) is 7.55. The fourth-order valence-corrected chi connectivity index (χ4v) is 4.18. The first-order valence-corrected chi connectivity index (χ1v) is 7.55. The summed E-state index contributed by atoms with van der Waals surface area (Å²) < 4.78 is 11.1. The fourth-order valence-electron chi connectivity index (χ4n) is 4.18. The van der Waals surface area contributed by atoms with Crippen LogP contribution in [0, 0.1) is 11.3 Å². The van der Waals surface area contributed by atoms with E-state index in [2.05, 4.69) is 25.8 Å². The van der Waals surface area contributed by atoms with E-state index in [0.717, 1.165) is 26.1 Å². The van der Waals surface area contributed by atoms with E-state index in [1.54, 1.807) is 12.5 Å². The Labute approximate surface area is 121 Å². The van der Waals surface area contributed by atoms with E-state index < -0.39 is 0 Å². The molecule has 0 bridgehead atoms. The minimum Gasteiger partial charge on any atom is -0.472 e. The molecule has 3 unspecified atom stereocenters. The normalized spacial score (nSPS) is 35.6. The molecular formula is C16H26N2O2. The van der Waals surface area contributed by atoms with Crippen LogP contribution in [-0.4, -0.2) is 36.7 Å². The predicted molar refractivity (Wildman–Crippen MR) is 78.2 cm³/mol. The number of likely N-dealkylation sites (N-methyl/N-ethyl adjacent to an activating group) is 1. The SMILES string of the molecule is CN(Cc1ccoc1)CC1(N)C2CCCOC2C1(C)C. The quantitative estimate of drug-likeness (QED) is 0.917. The van der Waals surface area contributed by atoms with Crippen molar-refractivity contribution in [2.75, 3.05) is 20.2 Å². The van der Waals surface area contributed by atoms with Gasteiger partial charge in [0.15, 0.2) is 0 Å². The first kappa shape index (κ1) is 14.1. The van der Waals surface area contributed by atoms with Crippen LogP contribution in [0.15, 0.2) is 23.0 Å². The van der Waals surface area contributed by atoms with E-state index in [-0.39, 0.29) is 11.0 Å². The molecule has 4 heteroatoms. The van der Waals surface area contributed by atoms with Crippen molar-refractivity contribution in [2.24, 2.45) is 17.1 Å². The molecule has 0 spiro atoms. The Bertz CT molecular complexity index is 457. The first-order chi connectivity index (χ1) is 9.45. The van der Waals surface area contributed by atoms with Crippen LogP contribution in [-0.2, 0) is 11.3 Å². The van der Waals surface area contributed by atoms with Gasteiger partial charge in [0, 0.05) is 42.1 Å². The standard InChI is InChI=1S/C16H26N2O2/c1-15(2)14-13(5-4-7-20-14)16(15,17)11-18(3)9-12-6-8-19-10-12/h6,8,10,13-14H,4-5,7,9,11,17H2,1-3H3. The zero-order valence-corrected chi connectivity index (χ0v) is 12.8. The van der Waals surface area contributed by atoms with Gasteiger partial charge >= 0.3 is 0 Å². The summed E-state index contributed by atoms with van der Waals surface area (Å²) >= 11 is 0. The van der Waals surface area contributed by atoms with Crippen molar-refractivity contribution in [1.82, 2.24) is 4.90 Å². The monoisotopic (exact) mass is 278 g/mol. The Balaban J connectivity index is 1.68. The van der Waals surface area contributed by atoms with Gasteiger partial charge in [-0.15, -0.1) is 0 Å². The summed E-state index contributed by atoms with van der Waals surface area (Å²) in [6, 6.07) is 2.01. The van der Waals surface area contributed by atoms with Crippen LogP contribution in [0.2, 0.25) is 0 Å². The van der Waals surface area contributed by atoms with Gasteiger partial charge < -0.3 is 19.8 Å². The zero-order chi connectivity index (χ0) is 14.4. The minimum atomic E-state index is -0.156. The largest absolute Gasteiger partial charge is 0.472 e. The van der Waals surface area contributed by atoms with Gasteiger partial charge in [-0.05, 0) is 26.0 Å². The van der Waals surface area contributed by atoms with Crippen LogP contribution < -0.4 is 5.73 Å². The molecule has 3 rings (SSSR count). The number of furan rings is 1. The number of hydrogen-bond donors (Lipinski definition) is 1. The number of hydrogen-bond acceptors (Lipinski definition) is 4. The van der Waals surface area contributed by atoms with Gasteiger partial charge in [0.25, 0.3) is 0 Å². The second kappa shape index (κ2) is 4.86. The van der Waals surface area contributed by atoms with Crippen LogP contribution in [0.25, 0.3) is 0 Å². The van der Waals surface area contributed by atoms with Crippen LogP contribution in [0.1, 0.15) is 32.3 Å². The highest BCUT2D eigenvalue weighted by Gasteiger charge is 2.66. The summed E-state index contributed by atoms with van der Waals surface area (Å²) in [5.41, 5.74) is 7.91. The third kappa shape index (κ3) is 2.01. The number of fused-ring (bicyclic) bond motifs is 1. The third-order valence-corrected chi connectivity index (χ3v) is 5.46. The molecule has 4 nitrogen and oxygen atoms in total. The van der Waals surface area contributed by atoms with E-state index in [1.807, 2.05) is 6.07 Å². The predicted octanol–water partition coefficient (Wildman–Crippen LogP) is 2.24. The lowest BCUT2D eigenvalue weighted by atomic mass is 9.46. The third-order valence-electron chi connectivity index (χ3n) is 5.46. The van der Waals surface area contributed by atoms with Crippen molar-refractivity contribution in [2.45, 2.75) is 44.9 Å². The van der Waals surface area contributed by atoms with Crippen LogP contribution in [0.5, 0.6) is 0 Å². The van der Waals surface area contributed by atoms with Crippen molar-refractivity contribution >= 4 is 0 Å². The lowest BCUT2D eigenvalue weighted by Crippen LogP contribution is -2.80. The van der Waals surface area contributed by atoms with E-state index in [1.165, 1.54) is 12.0 Å². The molecular weight excluding hydrogens is 252 g/mol. The molecule has 0 amide bonds. The summed E-state index contributed by atoms with van der Waals surface area (Å²) in [6.07, 6.45) is 6.20.